The van der Waals surface area contributed by atoms with Crippen LogP contribution in [0, 0.1) is 0 Å². The van der Waals surface area contributed by atoms with Crippen molar-refractivity contribution in [3.05, 3.63) is 59.1 Å². The van der Waals surface area contributed by atoms with Crippen molar-refractivity contribution >= 4 is 27.5 Å². The summed E-state index contributed by atoms with van der Waals surface area (Å²) in [5.74, 6) is 0.823. The van der Waals surface area contributed by atoms with Crippen molar-refractivity contribution in [3.63, 3.8) is 0 Å². The normalized spacial score (nSPS) is 15.1. The van der Waals surface area contributed by atoms with Crippen LogP contribution in [0.2, 0.25) is 0 Å². The average molecular weight is 397 g/mol. The molecule has 28 heavy (non-hydrogen) atoms. The van der Waals surface area contributed by atoms with Crippen LogP contribution in [0.3, 0.4) is 0 Å². The largest absolute Gasteiger partial charge is 0.484 e. The summed E-state index contributed by atoms with van der Waals surface area (Å²) in [5, 5.41) is 1.18. The van der Waals surface area contributed by atoms with Crippen LogP contribution in [0.15, 0.2) is 48.5 Å². The van der Waals surface area contributed by atoms with Gasteiger partial charge in [0.1, 0.15) is 17.3 Å². The molecule has 2 aromatic carbocycles. The number of carbonyl (C=O) groups excluding carboxylic acids is 1. The molecule has 0 spiro atoms. The van der Waals surface area contributed by atoms with Crippen LogP contribution in [0.5, 0.6) is 5.75 Å². The Labute approximate surface area is 169 Å². The second-order valence-electron chi connectivity index (χ2n) is 7.17. The first-order valence-electron chi connectivity index (χ1n) is 9.89. The van der Waals surface area contributed by atoms with Crippen molar-refractivity contribution in [2.75, 3.05) is 32.8 Å². The molecule has 0 unspecified atom stereocenters. The number of para-hydroxylation sites is 1. The molecule has 0 bridgehead atoms. The van der Waals surface area contributed by atoms with Crippen molar-refractivity contribution in [2.24, 2.45) is 0 Å². The Hall–Kier alpha value is -2.44. The van der Waals surface area contributed by atoms with Gasteiger partial charge in [0, 0.05) is 0 Å². The summed E-state index contributed by atoms with van der Waals surface area (Å²) in [4.78, 5) is 20.6. The number of benzene rings is 2. The lowest BCUT2D eigenvalue weighted by molar-refractivity contribution is -0.917. The van der Waals surface area contributed by atoms with Gasteiger partial charge in [-0.2, -0.15) is 0 Å². The highest BCUT2D eigenvalue weighted by molar-refractivity contribution is 7.18. The lowest BCUT2D eigenvalue weighted by Gasteiger charge is -2.31. The predicted molar refractivity (Wildman–Crippen MR) is 112 cm³/mol. The van der Waals surface area contributed by atoms with Gasteiger partial charge in [-0.1, -0.05) is 31.2 Å². The number of piperazine rings is 1. The minimum Gasteiger partial charge on any atom is -0.484 e. The lowest BCUT2D eigenvalue weighted by Crippen LogP contribution is -3.13. The van der Waals surface area contributed by atoms with E-state index in [1.165, 1.54) is 20.2 Å². The Bertz CT molecular complexity index is 897. The first-order chi connectivity index (χ1) is 13.7. The molecule has 0 atom stereocenters. The highest BCUT2D eigenvalue weighted by Crippen LogP contribution is 2.20. The number of aromatic nitrogens is 1. The van der Waals surface area contributed by atoms with Crippen LogP contribution < -0.4 is 9.64 Å². The molecule has 0 aliphatic carbocycles. The zero-order valence-corrected chi connectivity index (χ0v) is 17.0. The Morgan fingerprint density at radius 1 is 1.14 bits per heavy atom. The number of rotatable bonds is 6. The number of nitrogens with one attached hydrogen (secondary N) is 1. The smallest absolute Gasteiger partial charge is 0.260 e. The molecule has 3 aromatic rings. The fourth-order valence-electron chi connectivity index (χ4n) is 3.52. The highest BCUT2D eigenvalue weighted by atomic mass is 32.1. The number of nitrogens with zero attached hydrogens (tertiary/aromatic N) is 2. The molecule has 146 valence electrons. The molecule has 1 aliphatic rings. The van der Waals surface area contributed by atoms with Crippen molar-refractivity contribution < 1.29 is 14.4 Å². The number of hydrogen-bond donors (Lipinski definition) is 1. The minimum atomic E-state index is 0.0682. The fourth-order valence-corrected chi connectivity index (χ4v) is 4.56. The third-order valence-electron chi connectivity index (χ3n) is 5.26. The number of aryl methyl sites for hydroxylation is 1. The molecular weight excluding hydrogens is 370 g/mol. The number of carbonyl (C=O) groups is 1. The van der Waals surface area contributed by atoms with Crippen molar-refractivity contribution in [1.82, 2.24) is 9.88 Å². The number of thiazole rings is 1. The Kier molecular flexibility index (Phi) is 5.88. The van der Waals surface area contributed by atoms with E-state index in [2.05, 4.69) is 25.1 Å². The Morgan fingerprint density at radius 2 is 1.89 bits per heavy atom. The molecule has 0 saturated carbocycles. The molecule has 2 heterocycles. The maximum Gasteiger partial charge on any atom is 0.260 e. The van der Waals surface area contributed by atoms with Gasteiger partial charge in [-0.15, -0.1) is 11.3 Å². The quantitative estimate of drug-likeness (QED) is 0.695. The molecular formula is C22H26N3O2S+. The van der Waals surface area contributed by atoms with Crippen molar-refractivity contribution in [2.45, 2.75) is 19.9 Å². The van der Waals surface area contributed by atoms with Crippen LogP contribution in [0.1, 0.15) is 17.5 Å². The number of ether oxygens (including phenoxy) is 1. The number of fused-ring (bicyclic) bond motifs is 1. The summed E-state index contributed by atoms with van der Waals surface area (Å²) in [6, 6.07) is 16.2. The highest BCUT2D eigenvalue weighted by Gasteiger charge is 2.24. The molecule has 0 radical (unpaired) electrons. The van der Waals surface area contributed by atoms with E-state index in [-0.39, 0.29) is 12.5 Å². The van der Waals surface area contributed by atoms with Gasteiger partial charge in [0.2, 0.25) is 0 Å². The summed E-state index contributed by atoms with van der Waals surface area (Å²) in [5.41, 5.74) is 2.35. The van der Waals surface area contributed by atoms with Crippen LogP contribution >= 0.6 is 11.3 Å². The van der Waals surface area contributed by atoms with E-state index in [9.17, 15) is 4.79 Å². The van der Waals surface area contributed by atoms with Crippen LogP contribution in [-0.4, -0.2) is 48.6 Å². The summed E-state index contributed by atoms with van der Waals surface area (Å²) >= 11 is 1.77. The first kappa shape index (κ1) is 18.9. The molecule has 1 amide bonds. The molecule has 1 aromatic heterocycles. The zero-order valence-electron chi connectivity index (χ0n) is 16.2. The topological polar surface area (TPSA) is 46.9 Å². The molecule has 6 heteroatoms. The van der Waals surface area contributed by atoms with Gasteiger partial charge in [-0.3, -0.25) is 4.79 Å². The SMILES string of the molecule is CCc1ccc(OCC(=O)N2CC[NH+](Cc3nc4ccccc4s3)CC2)cc1. The van der Waals surface area contributed by atoms with Crippen LogP contribution in [0.25, 0.3) is 10.2 Å². The standard InChI is InChI=1S/C22H25N3O2S/c1-2-17-7-9-18(10-8-17)27-16-22(26)25-13-11-24(12-14-25)15-21-23-19-5-3-4-6-20(19)28-21/h3-10H,2,11-16H2,1H3/p+1. The van der Waals surface area contributed by atoms with E-state index in [1.807, 2.05) is 35.2 Å². The van der Waals surface area contributed by atoms with E-state index < -0.39 is 0 Å². The summed E-state index contributed by atoms with van der Waals surface area (Å²) in [7, 11) is 0. The van der Waals surface area contributed by atoms with Gasteiger partial charge in [0.05, 0.1) is 36.4 Å². The van der Waals surface area contributed by atoms with Crippen molar-refractivity contribution in [3.8, 4) is 5.75 Å². The maximum atomic E-state index is 12.5. The number of quaternary nitrogens is 1. The van der Waals surface area contributed by atoms with Gasteiger partial charge in [0.15, 0.2) is 6.61 Å². The van der Waals surface area contributed by atoms with E-state index in [0.717, 1.165) is 50.4 Å². The zero-order chi connectivity index (χ0) is 19.3. The molecule has 4 rings (SSSR count). The van der Waals surface area contributed by atoms with E-state index in [1.54, 1.807) is 11.3 Å². The third kappa shape index (κ3) is 4.51. The monoisotopic (exact) mass is 396 g/mol. The number of hydrogen-bond acceptors (Lipinski definition) is 4. The van der Waals surface area contributed by atoms with E-state index in [4.69, 9.17) is 9.72 Å². The Morgan fingerprint density at radius 3 is 2.61 bits per heavy atom. The van der Waals surface area contributed by atoms with E-state index in [0.29, 0.717) is 0 Å². The average Bonchev–Trinajstić information content (AvgIpc) is 3.15. The summed E-state index contributed by atoms with van der Waals surface area (Å²) < 4.78 is 6.92. The summed E-state index contributed by atoms with van der Waals surface area (Å²) in [6.45, 7) is 6.62. The molecule has 1 N–H and O–H groups in total. The van der Waals surface area contributed by atoms with Gasteiger partial charge in [-0.25, -0.2) is 4.98 Å². The van der Waals surface area contributed by atoms with Gasteiger partial charge >= 0.3 is 0 Å². The predicted octanol–water partition coefficient (Wildman–Crippen LogP) is 2.16. The lowest BCUT2D eigenvalue weighted by atomic mass is 10.2. The van der Waals surface area contributed by atoms with Gasteiger partial charge in [0.25, 0.3) is 5.91 Å². The first-order valence-corrected chi connectivity index (χ1v) is 10.7. The van der Waals surface area contributed by atoms with Crippen LogP contribution in [-0.2, 0) is 17.8 Å². The second kappa shape index (κ2) is 8.71. The maximum absolute atomic E-state index is 12.5. The molecule has 1 fully saturated rings. The fraction of sp³-hybridized carbons (Fsp3) is 0.364. The third-order valence-corrected chi connectivity index (χ3v) is 6.29. The van der Waals surface area contributed by atoms with Crippen LogP contribution in [0.4, 0.5) is 0 Å². The van der Waals surface area contributed by atoms with E-state index >= 15 is 0 Å². The summed E-state index contributed by atoms with van der Waals surface area (Å²) in [6.07, 6.45) is 1.00. The second-order valence-corrected chi connectivity index (χ2v) is 8.28. The molecule has 1 saturated heterocycles. The molecule has 1 aliphatic heterocycles. The Balaban J connectivity index is 1.24. The number of amides is 1. The van der Waals surface area contributed by atoms with Crippen molar-refractivity contribution in [1.29, 1.82) is 0 Å². The minimum absolute atomic E-state index is 0.0682. The molecule has 5 nitrogen and oxygen atoms in total. The van der Waals surface area contributed by atoms with Gasteiger partial charge in [-0.05, 0) is 36.2 Å². The van der Waals surface area contributed by atoms with Gasteiger partial charge < -0.3 is 14.5 Å².